The van der Waals surface area contributed by atoms with E-state index in [2.05, 4.69) is 150 Å². The molecule has 0 saturated heterocycles. The van der Waals surface area contributed by atoms with Crippen molar-refractivity contribution in [2.45, 2.75) is 0 Å². The third-order valence-electron chi connectivity index (χ3n) is 9.90. The Kier molecular flexibility index (Phi) is 8.10. The molecule has 0 amide bonds. The molecule has 1 aromatic heterocycles. The predicted molar refractivity (Wildman–Crippen MR) is 226 cm³/mol. The van der Waals surface area contributed by atoms with Gasteiger partial charge in [-0.1, -0.05) is 146 Å². The molecule has 252 valence electrons. The van der Waals surface area contributed by atoms with Crippen LogP contribution in [0.15, 0.2) is 200 Å². The van der Waals surface area contributed by atoms with Gasteiger partial charge in [-0.15, -0.1) is 0 Å². The van der Waals surface area contributed by atoms with Crippen molar-refractivity contribution in [3.63, 3.8) is 0 Å². The molecular formula is C49H36N4. The van der Waals surface area contributed by atoms with Gasteiger partial charge in [0.1, 0.15) is 5.82 Å². The zero-order valence-corrected chi connectivity index (χ0v) is 29.1. The van der Waals surface area contributed by atoms with E-state index >= 15 is 0 Å². The minimum absolute atomic E-state index is 0.611. The lowest BCUT2D eigenvalue weighted by atomic mass is 9.95. The van der Waals surface area contributed by atoms with E-state index < -0.39 is 0 Å². The summed E-state index contributed by atoms with van der Waals surface area (Å²) in [6.07, 6.45) is 0. The minimum Gasteiger partial charge on any atom is -0.398 e. The zero-order chi connectivity index (χ0) is 35.7. The summed E-state index contributed by atoms with van der Waals surface area (Å²) in [5.41, 5.74) is 18.8. The second-order valence-electron chi connectivity index (χ2n) is 13.2. The molecule has 4 heteroatoms. The van der Waals surface area contributed by atoms with E-state index in [9.17, 15) is 0 Å². The van der Waals surface area contributed by atoms with Crippen LogP contribution in [0.4, 0.5) is 17.1 Å². The predicted octanol–water partition coefficient (Wildman–Crippen LogP) is 12.6. The highest BCUT2D eigenvalue weighted by Gasteiger charge is 2.18. The van der Waals surface area contributed by atoms with Crippen LogP contribution in [-0.4, -0.2) is 10.3 Å². The monoisotopic (exact) mass is 680 g/mol. The van der Waals surface area contributed by atoms with Crippen molar-refractivity contribution in [3.05, 3.63) is 206 Å². The number of hydrogen-bond acceptors (Lipinski definition) is 3. The summed E-state index contributed by atoms with van der Waals surface area (Å²) in [6.45, 7) is 4.59. The van der Waals surface area contributed by atoms with Gasteiger partial charge < -0.3 is 11.1 Å². The molecule has 0 unspecified atom stereocenters. The number of aliphatic imine (C=N–C) groups is 1. The zero-order valence-electron chi connectivity index (χ0n) is 29.1. The highest BCUT2D eigenvalue weighted by molar-refractivity contribution is 6.23. The number of anilines is 3. The Morgan fingerprint density at radius 2 is 1.19 bits per heavy atom. The van der Waals surface area contributed by atoms with Gasteiger partial charge in [-0.2, -0.15) is 0 Å². The first-order valence-electron chi connectivity index (χ1n) is 17.8. The Hall–Kier alpha value is -7.17. The summed E-state index contributed by atoms with van der Waals surface area (Å²) in [7, 11) is 0. The average Bonchev–Trinajstić information content (AvgIpc) is 3.55. The van der Waals surface area contributed by atoms with Crippen molar-refractivity contribution in [3.8, 4) is 22.3 Å². The van der Waals surface area contributed by atoms with Crippen molar-refractivity contribution in [1.29, 1.82) is 0 Å². The van der Waals surface area contributed by atoms with Crippen LogP contribution in [-0.2, 0) is 0 Å². The molecule has 9 aromatic rings. The number of nitrogens with zero attached hydrogens (tertiary/aromatic N) is 2. The summed E-state index contributed by atoms with van der Waals surface area (Å²) in [6, 6.07) is 65.2. The highest BCUT2D eigenvalue weighted by atomic mass is 15.1. The number of benzene rings is 8. The smallest absolute Gasteiger partial charge is 0.131 e. The van der Waals surface area contributed by atoms with E-state index in [0.717, 1.165) is 83.0 Å². The Morgan fingerprint density at radius 1 is 0.528 bits per heavy atom. The van der Waals surface area contributed by atoms with Gasteiger partial charge in [0, 0.05) is 44.5 Å². The molecular weight excluding hydrogens is 645 g/mol. The van der Waals surface area contributed by atoms with Gasteiger partial charge in [-0.05, 0) is 76.0 Å². The van der Waals surface area contributed by atoms with Gasteiger partial charge in [0.05, 0.1) is 16.7 Å². The van der Waals surface area contributed by atoms with Crippen LogP contribution >= 0.6 is 0 Å². The summed E-state index contributed by atoms with van der Waals surface area (Å²) in [5.74, 6) is 0.611. The van der Waals surface area contributed by atoms with E-state index in [1.165, 1.54) is 0 Å². The normalized spacial score (nSPS) is 11.7. The summed E-state index contributed by atoms with van der Waals surface area (Å²) < 4.78 is 2.17. The van der Waals surface area contributed by atoms with Gasteiger partial charge in [0.2, 0.25) is 0 Å². The van der Waals surface area contributed by atoms with Gasteiger partial charge >= 0.3 is 0 Å². The van der Waals surface area contributed by atoms with E-state index in [4.69, 9.17) is 10.7 Å². The number of fused-ring (bicyclic) bond motifs is 4. The van der Waals surface area contributed by atoms with Crippen molar-refractivity contribution >= 4 is 61.2 Å². The highest BCUT2D eigenvalue weighted by Crippen LogP contribution is 2.38. The van der Waals surface area contributed by atoms with Gasteiger partial charge in [-0.3, -0.25) is 4.57 Å². The standard InChI is InChI=1S/C49H36N4/c1-33(51-49(35-16-4-2-5-17-35)48-41-23-9-8-15-34(41)27-29-44(48)50)53-46-26-13-11-24-42(46)43-32-37(28-30-47(43)53)36-18-14-19-38(31-36)40-22-10-12-25-45(40)52-39-20-6-3-7-21-39/h2-32,52H,1,50H2/b51-49-. The molecule has 0 spiro atoms. The summed E-state index contributed by atoms with van der Waals surface area (Å²) in [4.78, 5) is 5.33. The Bertz CT molecular complexity index is 2830. The number of nitrogens with one attached hydrogen (secondary N) is 1. The lowest BCUT2D eigenvalue weighted by Gasteiger charge is -2.15. The van der Waals surface area contributed by atoms with Crippen LogP contribution in [0.25, 0.3) is 60.7 Å². The molecule has 0 fully saturated rings. The van der Waals surface area contributed by atoms with Crippen LogP contribution in [0.5, 0.6) is 0 Å². The SMILES string of the molecule is C=C(/N=C(/c1ccccc1)c1c(N)ccc2ccccc12)n1c2ccccc2c2cc(-c3cccc(-c4ccccc4Nc4ccccc4)c3)ccc21. The quantitative estimate of drug-likeness (QED) is 0.124. The summed E-state index contributed by atoms with van der Waals surface area (Å²) in [5, 5.41) is 8.04. The lowest BCUT2D eigenvalue weighted by Crippen LogP contribution is -2.09. The first-order chi connectivity index (χ1) is 26.1. The molecule has 4 nitrogen and oxygen atoms in total. The van der Waals surface area contributed by atoms with Crippen molar-refractivity contribution in [2.75, 3.05) is 11.1 Å². The maximum atomic E-state index is 6.74. The second-order valence-corrected chi connectivity index (χ2v) is 13.2. The molecule has 0 bridgehead atoms. The topological polar surface area (TPSA) is 55.3 Å². The number of aromatic nitrogens is 1. The van der Waals surface area contributed by atoms with Crippen molar-refractivity contribution in [1.82, 2.24) is 4.57 Å². The molecule has 0 aliphatic rings. The maximum Gasteiger partial charge on any atom is 0.131 e. The third-order valence-corrected chi connectivity index (χ3v) is 9.90. The molecule has 3 N–H and O–H groups in total. The molecule has 0 aliphatic carbocycles. The molecule has 0 atom stereocenters. The van der Waals surface area contributed by atoms with Gasteiger partial charge in [0.15, 0.2) is 0 Å². The number of hydrogen-bond donors (Lipinski definition) is 2. The molecule has 0 aliphatic heterocycles. The molecule has 8 aromatic carbocycles. The maximum absolute atomic E-state index is 6.74. The number of para-hydroxylation sites is 3. The molecule has 0 radical (unpaired) electrons. The fourth-order valence-electron chi connectivity index (χ4n) is 7.41. The van der Waals surface area contributed by atoms with Gasteiger partial charge in [0.25, 0.3) is 0 Å². The largest absolute Gasteiger partial charge is 0.398 e. The van der Waals surface area contributed by atoms with E-state index in [-0.39, 0.29) is 0 Å². The van der Waals surface area contributed by atoms with E-state index in [1.807, 2.05) is 54.6 Å². The minimum atomic E-state index is 0.611. The van der Waals surface area contributed by atoms with Crippen molar-refractivity contribution < 1.29 is 0 Å². The van der Waals surface area contributed by atoms with Crippen molar-refractivity contribution in [2.24, 2.45) is 4.99 Å². The average molecular weight is 681 g/mol. The third kappa shape index (κ3) is 5.92. The van der Waals surface area contributed by atoms with Crippen LogP contribution < -0.4 is 11.1 Å². The molecule has 0 saturated carbocycles. The summed E-state index contributed by atoms with van der Waals surface area (Å²) >= 11 is 0. The lowest BCUT2D eigenvalue weighted by molar-refractivity contribution is 1.18. The van der Waals surface area contributed by atoms with Gasteiger partial charge in [-0.25, -0.2) is 4.99 Å². The van der Waals surface area contributed by atoms with E-state index in [1.54, 1.807) is 0 Å². The fourth-order valence-corrected chi connectivity index (χ4v) is 7.41. The number of nitrogen functional groups attached to an aromatic ring is 1. The molecule has 53 heavy (non-hydrogen) atoms. The number of rotatable bonds is 8. The molecule has 9 rings (SSSR count). The fraction of sp³-hybridized carbons (Fsp3) is 0. The Labute approximate surface area is 308 Å². The van der Waals surface area contributed by atoms with Crippen LogP contribution in [0.1, 0.15) is 11.1 Å². The Morgan fingerprint density at radius 3 is 2.04 bits per heavy atom. The van der Waals surface area contributed by atoms with Crippen LogP contribution in [0, 0.1) is 0 Å². The first kappa shape index (κ1) is 31.8. The second kappa shape index (κ2) is 13.5. The van der Waals surface area contributed by atoms with Crippen LogP contribution in [0.2, 0.25) is 0 Å². The Balaban J connectivity index is 1.16. The van der Waals surface area contributed by atoms with E-state index in [0.29, 0.717) is 11.5 Å². The first-order valence-corrected chi connectivity index (χ1v) is 17.8. The van der Waals surface area contributed by atoms with Crippen LogP contribution in [0.3, 0.4) is 0 Å². The number of nitrogens with two attached hydrogens (primary N) is 1. The molecule has 1 heterocycles.